The quantitative estimate of drug-likeness (QED) is 0.565. The van der Waals surface area contributed by atoms with E-state index in [9.17, 15) is 10.1 Å². The molecule has 0 bridgehead atoms. The summed E-state index contributed by atoms with van der Waals surface area (Å²) in [5, 5.41) is 10.5. The summed E-state index contributed by atoms with van der Waals surface area (Å²) in [7, 11) is 0. The van der Waals surface area contributed by atoms with E-state index in [1.807, 2.05) is 0 Å². The van der Waals surface area contributed by atoms with Gasteiger partial charge in [-0.3, -0.25) is 10.1 Å². The van der Waals surface area contributed by atoms with Crippen LogP contribution in [0, 0.1) is 10.1 Å². The number of anilines is 1. The maximum Gasteiger partial charge on any atom is 0.269 e. The summed E-state index contributed by atoms with van der Waals surface area (Å²) < 4.78 is 5.35. The highest BCUT2D eigenvalue weighted by Crippen LogP contribution is 2.22. The number of non-ortho nitro benzene ring substituents is 1. The van der Waals surface area contributed by atoms with Crippen LogP contribution in [0.3, 0.4) is 0 Å². The van der Waals surface area contributed by atoms with Crippen LogP contribution in [0.25, 0.3) is 0 Å². The minimum absolute atomic E-state index is 0.129. The van der Waals surface area contributed by atoms with Crippen LogP contribution in [-0.2, 0) is 4.74 Å². The van der Waals surface area contributed by atoms with Crippen molar-refractivity contribution >= 4 is 11.4 Å². The SMILES string of the molecule is CC1COCCN1c1ccc([N+](=O)[O-])cc1. The van der Waals surface area contributed by atoms with Gasteiger partial charge in [0, 0.05) is 30.4 Å². The monoisotopic (exact) mass is 222 g/mol. The van der Waals surface area contributed by atoms with E-state index >= 15 is 0 Å². The normalized spacial score (nSPS) is 20.8. The largest absolute Gasteiger partial charge is 0.377 e. The molecule has 0 aliphatic carbocycles. The summed E-state index contributed by atoms with van der Waals surface area (Å²) in [5.41, 5.74) is 1.14. The molecule has 1 aliphatic rings. The zero-order chi connectivity index (χ0) is 11.5. The molecule has 1 aromatic carbocycles. The Labute approximate surface area is 93.8 Å². The third-order valence-electron chi connectivity index (χ3n) is 2.76. The Hall–Kier alpha value is -1.62. The summed E-state index contributed by atoms with van der Waals surface area (Å²) in [4.78, 5) is 12.3. The van der Waals surface area contributed by atoms with Crippen molar-refractivity contribution < 1.29 is 9.66 Å². The fourth-order valence-corrected chi connectivity index (χ4v) is 1.88. The molecule has 16 heavy (non-hydrogen) atoms. The highest BCUT2D eigenvalue weighted by molar-refractivity contribution is 5.51. The molecule has 0 aromatic heterocycles. The summed E-state index contributed by atoms with van der Waals surface area (Å²) in [6.07, 6.45) is 0. The Bertz CT molecular complexity index is 377. The predicted molar refractivity (Wildman–Crippen MR) is 60.7 cm³/mol. The lowest BCUT2D eigenvalue weighted by Crippen LogP contribution is -2.43. The van der Waals surface area contributed by atoms with Crippen LogP contribution >= 0.6 is 0 Å². The zero-order valence-corrected chi connectivity index (χ0v) is 9.13. The fourth-order valence-electron chi connectivity index (χ4n) is 1.88. The number of nitro groups is 1. The minimum atomic E-state index is -0.382. The van der Waals surface area contributed by atoms with E-state index in [-0.39, 0.29) is 10.6 Å². The molecular weight excluding hydrogens is 208 g/mol. The zero-order valence-electron chi connectivity index (χ0n) is 9.13. The van der Waals surface area contributed by atoms with Crippen LogP contribution in [0.5, 0.6) is 0 Å². The topological polar surface area (TPSA) is 55.6 Å². The Morgan fingerprint density at radius 2 is 2.12 bits per heavy atom. The average molecular weight is 222 g/mol. The summed E-state index contributed by atoms with van der Waals surface area (Å²) in [5.74, 6) is 0. The van der Waals surface area contributed by atoms with E-state index in [0.29, 0.717) is 19.3 Å². The van der Waals surface area contributed by atoms with Gasteiger partial charge in [0.05, 0.1) is 18.1 Å². The number of ether oxygens (including phenoxy) is 1. The first-order valence-corrected chi connectivity index (χ1v) is 5.27. The van der Waals surface area contributed by atoms with Crippen LogP contribution in [0.1, 0.15) is 6.92 Å². The van der Waals surface area contributed by atoms with Gasteiger partial charge in [-0.1, -0.05) is 0 Å². The molecule has 1 aromatic rings. The number of nitro benzene ring substituents is 1. The molecule has 2 rings (SSSR count). The van der Waals surface area contributed by atoms with Crippen LogP contribution in [0.2, 0.25) is 0 Å². The van der Waals surface area contributed by atoms with E-state index < -0.39 is 0 Å². The lowest BCUT2D eigenvalue weighted by Gasteiger charge is -2.35. The smallest absolute Gasteiger partial charge is 0.269 e. The van der Waals surface area contributed by atoms with E-state index in [4.69, 9.17) is 4.74 Å². The molecule has 5 heteroatoms. The van der Waals surface area contributed by atoms with Gasteiger partial charge in [-0.15, -0.1) is 0 Å². The van der Waals surface area contributed by atoms with Crippen molar-refractivity contribution in [1.29, 1.82) is 0 Å². The van der Waals surface area contributed by atoms with Gasteiger partial charge in [0.15, 0.2) is 0 Å². The molecule has 0 radical (unpaired) electrons. The Kier molecular flexibility index (Phi) is 3.05. The van der Waals surface area contributed by atoms with E-state index in [2.05, 4.69) is 11.8 Å². The molecule has 0 saturated carbocycles. The molecule has 1 unspecified atom stereocenters. The maximum absolute atomic E-state index is 10.5. The van der Waals surface area contributed by atoms with Crippen molar-refractivity contribution in [2.75, 3.05) is 24.7 Å². The van der Waals surface area contributed by atoms with E-state index in [1.165, 1.54) is 12.1 Å². The van der Waals surface area contributed by atoms with Crippen LogP contribution < -0.4 is 4.90 Å². The molecule has 86 valence electrons. The first-order chi connectivity index (χ1) is 7.68. The summed E-state index contributed by atoms with van der Waals surface area (Å²) in [6, 6.07) is 6.98. The van der Waals surface area contributed by atoms with E-state index in [0.717, 1.165) is 12.2 Å². The Balaban J connectivity index is 2.17. The number of hydrogen-bond donors (Lipinski definition) is 0. The van der Waals surface area contributed by atoms with Gasteiger partial charge in [0.25, 0.3) is 5.69 Å². The number of benzene rings is 1. The van der Waals surface area contributed by atoms with Gasteiger partial charge in [0.2, 0.25) is 0 Å². The number of hydrogen-bond acceptors (Lipinski definition) is 4. The van der Waals surface area contributed by atoms with Crippen molar-refractivity contribution in [2.45, 2.75) is 13.0 Å². The van der Waals surface area contributed by atoms with Crippen LogP contribution in [-0.4, -0.2) is 30.7 Å². The maximum atomic E-state index is 10.5. The predicted octanol–water partition coefficient (Wildman–Crippen LogP) is 1.82. The molecule has 1 saturated heterocycles. The van der Waals surface area contributed by atoms with Crippen LogP contribution in [0.4, 0.5) is 11.4 Å². The molecule has 5 nitrogen and oxygen atoms in total. The minimum Gasteiger partial charge on any atom is -0.377 e. The molecule has 1 heterocycles. The van der Waals surface area contributed by atoms with Crippen LogP contribution in [0.15, 0.2) is 24.3 Å². The molecule has 0 spiro atoms. The lowest BCUT2D eigenvalue weighted by molar-refractivity contribution is -0.384. The van der Waals surface area contributed by atoms with Crippen molar-refractivity contribution in [3.05, 3.63) is 34.4 Å². The first-order valence-electron chi connectivity index (χ1n) is 5.27. The molecule has 1 fully saturated rings. The second-order valence-electron chi connectivity index (χ2n) is 3.89. The van der Waals surface area contributed by atoms with Crippen molar-refractivity contribution in [1.82, 2.24) is 0 Å². The van der Waals surface area contributed by atoms with E-state index in [1.54, 1.807) is 12.1 Å². The van der Waals surface area contributed by atoms with Gasteiger partial charge in [-0.2, -0.15) is 0 Å². The molecular formula is C11H14N2O3. The highest BCUT2D eigenvalue weighted by atomic mass is 16.6. The lowest BCUT2D eigenvalue weighted by atomic mass is 10.2. The number of rotatable bonds is 2. The molecule has 0 N–H and O–H groups in total. The Morgan fingerprint density at radius 1 is 1.44 bits per heavy atom. The summed E-state index contributed by atoms with van der Waals surface area (Å²) in [6.45, 7) is 4.33. The van der Waals surface area contributed by atoms with Gasteiger partial charge in [-0.25, -0.2) is 0 Å². The second kappa shape index (κ2) is 4.49. The molecule has 1 atom stereocenters. The van der Waals surface area contributed by atoms with Gasteiger partial charge in [0.1, 0.15) is 0 Å². The average Bonchev–Trinajstić information content (AvgIpc) is 2.30. The number of morpholine rings is 1. The fraction of sp³-hybridized carbons (Fsp3) is 0.455. The third kappa shape index (κ3) is 2.14. The van der Waals surface area contributed by atoms with Crippen molar-refractivity contribution in [3.8, 4) is 0 Å². The molecule has 0 amide bonds. The molecule has 1 aliphatic heterocycles. The first kappa shape index (κ1) is 10.9. The standard InChI is InChI=1S/C11H14N2O3/c1-9-8-16-7-6-12(9)10-2-4-11(5-3-10)13(14)15/h2-5,9H,6-8H2,1H3. The van der Waals surface area contributed by atoms with Crippen molar-refractivity contribution in [2.24, 2.45) is 0 Å². The third-order valence-corrected chi connectivity index (χ3v) is 2.76. The van der Waals surface area contributed by atoms with Gasteiger partial charge < -0.3 is 9.64 Å². The Morgan fingerprint density at radius 3 is 2.69 bits per heavy atom. The van der Waals surface area contributed by atoms with Crippen molar-refractivity contribution in [3.63, 3.8) is 0 Å². The summed E-state index contributed by atoms with van der Waals surface area (Å²) >= 11 is 0. The number of nitrogens with zero attached hydrogens (tertiary/aromatic N) is 2. The van der Waals surface area contributed by atoms with Gasteiger partial charge >= 0.3 is 0 Å². The van der Waals surface area contributed by atoms with Gasteiger partial charge in [-0.05, 0) is 19.1 Å². The highest BCUT2D eigenvalue weighted by Gasteiger charge is 2.19. The second-order valence-corrected chi connectivity index (χ2v) is 3.89.